The van der Waals surface area contributed by atoms with Gasteiger partial charge in [-0.15, -0.1) is 0 Å². The number of hydrogen-bond acceptors (Lipinski definition) is 4. The van der Waals surface area contributed by atoms with Crippen molar-refractivity contribution in [3.8, 4) is 0 Å². The van der Waals surface area contributed by atoms with Crippen molar-refractivity contribution in [2.75, 3.05) is 13.6 Å². The Morgan fingerprint density at radius 3 is 1.90 bits per heavy atom. The third-order valence-electron chi connectivity index (χ3n) is 3.07. The first-order valence-corrected chi connectivity index (χ1v) is 7.50. The molecular weight excluding hydrogens is 270 g/mol. The summed E-state index contributed by atoms with van der Waals surface area (Å²) >= 11 is 0. The SMILES string of the molecule is CN[C@@H](CC(C)C)C(=O)N[C@@H](CC(C)C)C(=O)NCC=O. The van der Waals surface area contributed by atoms with E-state index >= 15 is 0 Å². The first-order chi connectivity index (χ1) is 9.81. The van der Waals surface area contributed by atoms with E-state index in [-0.39, 0.29) is 30.3 Å². The number of carbonyl (C=O) groups excluding carboxylic acids is 3. The van der Waals surface area contributed by atoms with Crippen molar-refractivity contribution in [1.82, 2.24) is 16.0 Å². The number of likely N-dealkylation sites (N-methyl/N-ethyl adjacent to an activating group) is 1. The van der Waals surface area contributed by atoms with Crippen LogP contribution in [0, 0.1) is 11.8 Å². The standard InChI is InChI=1S/C15H29N3O3/c1-10(2)8-12(16-5)15(21)18-13(9-11(3)4)14(20)17-6-7-19/h7,10-13,16H,6,8-9H2,1-5H3,(H,17,20)(H,18,21)/t12-,13-/m0/s1. The molecule has 0 aromatic heterocycles. The highest BCUT2D eigenvalue weighted by Crippen LogP contribution is 2.08. The molecular formula is C15H29N3O3. The Bertz CT molecular complexity index is 343. The molecule has 2 amide bonds. The number of rotatable bonds is 10. The molecule has 0 aromatic carbocycles. The summed E-state index contributed by atoms with van der Waals surface area (Å²) in [7, 11) is 1.73. The zero-order valence-electron chi connectivity index (χ0n) is 13.7. The molecule has 0 radical (unpaired) electrons. The number of aldehydes is 1. The highest BCUT2D eigenvalue weighted by atomic mass is 16.2. The van der Waals surface area contributed by atoms with Gasteiger partial charge in [0.15, 0.2) is 0 Å². The largest absolute Gasteiger partial charge is 0.348 e. The van der Waals surface area contributed by atoms with Crippen molar-refractivity contribution in [1.29, 1.82) is 0 Å². The Hall–Kier alpha value is -1.43. The molecule has 3 N–H and O–H groups in total. The fourth-order valence-electron chi connectivity index (χ4n) is 2.07. The molecule has 6 heteroatoms. The van der Waals surface area contributed by atoms with Crippen molar-refractivity contribution in [3.63, 3.8) is 0 Å². The quantitative estimate of drug-likeness (QED) is 0.512. The van der Waals surface area contributed by atoms with Gasteiger partial charge in [0.1, 0.15) is 12.3 Å². The van der Waals surface area contributed by atoms with Crippen LogP contribution in [0.3, 0.4) is 0 Å². The van der Waals surface area contributed by atoms with E-state index in [1.54, 1.807) is 7.05 Å². The van der Waals surface area contributed by atoms with Gasteiger partial charge in [-0.3, -0.25) is 9.59 Å². The van der Waals surface area contributed by atoms with Crippen LogP contribution in [0.2, 0.25) is 0 Å². The molecule has 2 atom stereocenters. The molecule has 0 spiro atoms. The highest BCUT2D eigenvalue weighted by molar-refractivity contribution is 5.90. The third-order valence-corrected chi connectivity index (χ3v) is 3.07. The van der Waals surface area contributed by atoms with Gasteiger partial charge in [-0.1, -0.05) is 27.7 Å². The second-order valence-corrected chi connectivity index (χ2v) is 6.07. The van der Waals surface area contributed by atoms with Crippen molar-refractivity contribution in [2.24, 2.45) is 11.8 Å². The van der Waals surface area contributed by atoms with Crippen LogP contribution >= 0.6 is 0 Å². The molecule has 0 aliphatic heterocycles. The second kappa shape index (κ2) is 10.3. The van der Waals surface area contributed by atoms with Gasteiger partial charge in [0.25, 0.3) is 0 Å². The maximum Gasteiger partial charge on any atom is 0.242 e. The molecule has 0 unspecified atom stereocenters. The topological polar surface area (TPSA) is 87.3 Å². The van der Waals surface area contributed by atoms with Gasteiger partial charge in [0.2, 0.25) is 11.8 Å². The fraction of sp³-hybridized carbons (Fsp3) is 0.800. The molecule has 0 aliphatic carbocycles. The Balaban J connectivity index is 4.73. The van der Waals surface area contributed by atoms with Crippen molar-refractivity contribution in [3.05, 3.63) is 0 Å². The van der Waals surface area contributed by atoms with Crippen LogP contribution in [0.1, 0.15) is 40.5 Å². The number of hydrogen-bond donors (Lipinski definition) is 3. The molecule has 0 saturated carbocycles. The molecule has 0 aromatic rings. The van der Waals surface area contributed by atoms with E-state index in [9.17, 15) is 14.4 Å². The van der Waals surface area contributed by atoms with E-state index in [2.05, 4.69) is 16.0 Å². The summed E-state index contributed by atoms with van der Waals surface area (Å²) in [6, 6.07) is -0.931. The predicted molar refractivity (Wildman–Crippen MR) is 82.8 cm³/mol. The summed E-state index contributed by atoms with van der Waals surface area (Å²) < 4.78 is 0. The smallest absolute Gasteiger partial charge is 0.242 e. The molecule has 6 nitrogen and oxygen atoms in total. The molecule has 122 valence electrons. The Labute approximate surface area is 127 Å². The van der Waals surface area contributed by atoms with Gasteiger partial charge in [-0.05, 0) is 31.7 Å². The van der Waals surface area contributed by atoms with Crippen LogP contribution < -0.4 is 16.0 Å². The van der Waals surface area contributed by atoms with Gasteiger partial charge < -0.3 is 20.7 Å². The summed E-state index contributed by atoms with van der Waals surface area (Å²) in [4.78, 5) is 34.6. The molecule has 0 bridgehead atoms. The minimum atomic E-state index is -0.611. The summed E-state index contributed by atoms with van der Waals surface area (Å²) in [5, 5.41) is 8.26. The molecule has 0 aliphatic rings. The molecule has 0 rings (SSSR count). The minimum Gasteiger partial charge on any atom is -0.348 e. The lowest BCUT2D eigenvalue weighted by atomic mass is 10.0. The first kappa shape index (κ1) is 19.6. The first-order valence-electron chi connectivity index (χ1n) is 7.50. The van der Waals surface area contributed by atoms with E-state index in [4.69, 9.17) is 0 Å². The van der Waals surface area contributed by atoms with E-state index in [1.807, 2.05) is 27.7 Å². The number of carbonyl (C=O) groups is 3. The Morgan fingerprint density at radius 1 is 0.952 bits per heavy atom. The summed E-state index contributed by atoms with van der Waals surface area (Å²) in [5.41, 5.74) is 0. The minimum absolute atomic E-state index is 0.0370. The van der Waals surface area contributed by atoms with Gasteiger partial charge in [0, 0.05) is 0 Å². The van der Waals surface area contributed by atoms with Crippen LogP contribution in [0.15, 0.2) is 0 Å². The lowest BCUT2D eigenvalue weighted by Crippen LogP contribution is -2.53. The van der Waals surface area contributed by atoms with Crippen LogP contribution in [0.25, 0.3) is 0 Å². The van der Waals surface area contributed by atoms with Gasteiger partial charge in [-0.2, -0.15) is 0 Å². The summed E-state index contributed by atoms with van der Waals surface area (Å²) in [6.45, 7) is 8.01. The van der Waals surface area contributed by atoms with Crippen molar-refractivity contribution >= 4 is 18.1 Å². The Kier molecular flexibility index (Phi) is 9.62. The van der Waals surface area contributed by atoms with E-state index < -0.39 is 6.04 Å². The number of amides is 2. The highest BCUT2D eigenvalue weighted by Gasteiger charge is 2.25. The lowest BCUT2D eigenvalue weighted by molar-refractivity contribution is -0.130. The van der Waals surface area contributed by atoms with Gasteiger partial charge in [0.05, 0.1) is 12.6 Å². The van der Waals surface area contributed by atoms with Crippen molar-refractivity contribution < 1.29 is 14.4 Å². The van der Waals surface area contributed by atoms with Crippen LogP contribution in [-0.4, -0.2) is 43.8 Å². The maximum absolute atomic E-state index is 12.3. The fourth-order valence-corrected chi connectivity index (χ4v) is 2.07. The lowest BCUT2D eigenvalue weighted by Gasteiger charge is -2.24. The van der Waals surface area contributed by atoms with Crippen molar-refractivity contribution in [2.45, 2.75) is 52.6 Å². The van der Waals surface area contributed by atoms with Crippen LogP contribution in [-0.2, 0) is 14.4 Å². The van der Waals surface area contributed by atoms with Gasteiger partial charge >= 0.3 is 0 Å². The normalized spacial score (nSPS) is 13.9. The summed E-state index contributed by atoms with van der Waals surface area (Å²) in [6.07, 6.45) is 1.86. The van der Waals surface area contributed by atoms with E-state index in [1.165, 1.54) is 0 Å². The van der Waals surface area contributed by atoms with E-state index in [0.29, 0.717) is 25.0 Å². The van der Waals surface area contributed by atoms with Crippen LogP contribution in [0.4, 0.5) is 0 Å². The monoisotopic (exact) mass is 299 g/mol. The zero-order valence-corrected chi connectivity index (χ0v) is 13.7. The van der Waals surface area contributed by atoms with Gasteiger partial charge in [-0.25, -0.2) is 0 Å². The second-order valence-electron chi connectivity index (χ2n) is 6.07. The molecule has 0 heterocycles. The average Bonchev–Trinajstić information content (AvgIpc) is 2.40. The third kappa shape index (κ3) is 8.45. The molecule has 21 heavy (non-hydrogen) atoms. The molecule has 0 fully saturated rings. The van der Waals surface area contributed by atoms with E-state index in [0.717, 1.165) is 0 Å². The number of nitrogens with one attached hydrogen (secondary N) is 3. The average molecular weight is 299 g/mol. The maximum atomic E-state index is 12.3. The summed E-state index contributed by atoms with van der Waals surface area (Å²) in [5.74, 6) is 0.137. The predicted octanol–water partition coefficient (Wildman–Crippen LogP) is 0.467. The molecule has 0 saturated heterocycles. The van der Waals surface area contributed by atoms with Crippen LogP contribution in [0.5, 0.6) is 0 Å². The Morgan fingerprint density at radius 2 is 1.48 bits per heavy atom. The zero-order chi connectivity index (χ0) is 16.4.